The van der Waals surface area contributed by atoms with Crippen molar-refractivity contribution in [2.75, 3.05) is 12.3 Å². The summed E-state index contributed by atoms with van der Waals surface area (Å²) >= 11 is 2.06. The lowest BCUT2D eigenvalue weighted by atomic mass is 10.1. The van der Waals surface area contributed by atoms with Gasteiger partial charge in [-0.05, 0) is 12.3 Å². The highest BCUT2D eigenvalue weighted by atomic mass is 32.2. The first kappa shape index (κ1) is 7.42. The molecule has 1 unspecified atom stereocenters. The van der Waals surface area contributed by atoms with Crippen molar-refractivity contribution in [3.63, 3.8) is 0 Å². The lowest BCUT2D eigenvalue weighted by Gasteiger charge is -2.10. The summed E-state index contributed by atoms with van der Waals surface area (Å²) in [4.78, 5) is 0. The minimum Gasteiger partial charge on any atom is -0.305 e. The van der Waals surface area contributed by atoms with Crippen LogP contribution in [-0.4, -0.2) is 17.7 Å². The number of hydrogen-bond donors (Lipinski definition) is 1. The van der Waals surface area contributed by atoms with Crippen LogP contribution in [0.1, 0.15) is 20.3 Å². The standard InChI is InChI=1S/C7H15NS/c1-6(2)5-7-8-3-4-9-7/h6-8H,3-5H2,1-2H3. The lowest BCUT2D eigenvalue weighted by molar-refractivity contribution is 0.532. The number of rotatable bonds is 2. The van der Waals surface area contributed by atoms with Crippen molar-refractivity contribution >= 4 is 11.8 Å². The predicted molar refractivity (Wildman–Crippen MR) is 43.7 cm³/mol. The van der Waals surface area contributed by atoms with Gasteiger partial charge in [0.05, 0.1) is 5.37 Å². The van der Waals surface area contributed by atoms with Gasteiger partial charge in [0.2, 0.25) is 0 Å². The molecule has 0 aromatic carbocycles. The van der Waals surface area contributed by atoms with E-state index < -0.39 is 0 Å². The number of nitrogens with one attached hydrogen (secondary N) is 1. The molecule has 0 aliphatic carbocycles. The van der Waals surface area contributed by atoms with Crippen molar-refractivity contribution in [1.82, 2.24) is 5.32 Å². The van der Waals surface area contributed by atoms with E-state index in [0.717, 1.165) is 11.3 Å². The molecule has 0 amide bonds. The van der Waals surface area contributed by atoms with E-state index in [0.29, 0.717) is 0 Å². The van der Waals surface area contributed by atoms with Crippen LogP contribution in [0.25, 0.3) is 0 Å². The van der Waals surface area contributed by atoms with E-state index in [1.54, 1.807) is 0 Å². The molecule has 1 heterocycles. The molecule has 0 aromatic heterocycles. The van der Waals surface area contributed by atoms with Crippen molar-refractivity contribution in [2.24, 2.45) is 5.92 Å². The van der Waals surface area contributed by atoms with Crippen molar-refractivity contribution in [3.8, 4) is 0 Å². The molecule has 0 saturated carbocycles. The fourth-order valence-corrected chi connectivity index (χ4v) is 2.34. The first-order valence-corrected chi connectivity index (χ1v) is 4.69. The van der Waals surface area contributed by atoms with Crippen LogP contribution in [0.2, 0.25) is 0 Å². The zero-order chi connectivity index (χ0) is 6.69. The quantitative estimate of drug-likeness (QED) is 0.634. The molecule has 1 N–H and O–H groups in total. The number of thioether (sulfide) groups is 1. The topological polar surface area (TPSA) is 12.0 Å². The fourth-order valence-electron chi connectivity index (χ4n) is 1.06. The SMILES string of the molecule is CC(C)CC1NCCS1. The van der Waals surface area contributed by atoms with Gasteiger partial charge in [0.25, 0.3) is 0 Å². The highest BCUT2D eigenvalue weighted by Gasteiger charge is 2.14. The van der Waals surface area contributed by atoms with E-state index in [1.165, 1.54) is 18.7 Å². The molecule has 2 heteroatoms. The van der Waals surface area contributed by atoms with Crippen molar-refractivity contribution in [1.29, 1.82) is 0 Å². The van der Waals surface area contributed by atoms with Crippen LogP contribution in [0.15, 0.2) is 0 Å². The molecule has 0 bridgehead atoms. The van der Waals surface area contributed by atoms with Crippen LogP contribution in [-0.2, 0) is 0 Å². The second kappa shape index (κ2) is 3.47. The summed E-state index contributed by atoms with van der Waals surface area (Å²) in [5.41, 5.74) is 0. The van der Waals surface area contributed by atoms with Gasteiger partial charge < -0.3 is 5.32 Å². The van der Waals surface area contributed by atoms with Gasteiger partial charge in [0, 0.05) is 12.3 Å². The average molecular weight is 145 g/mol. The largest absolute Gasteiger partial charge is 0.305 e. The molecule has 54 valence electrons. The molecule has 0 radical (unpaired) electrons. The number of hydrogen-bond acceptors (Lipinski definition) is 2. The highest BCUT2D eigenvalue weighted by Crippen LogP contribution is 2.20. The second-order valence-electron chi connectivity index (χ2n) is 2.94. The Morgan fingerprint density at radius 3 is 2.89 bits per heavy atom. The van der Waals surface area contributed by atoms with E-state index in [2.05, 4.69) is 30.9 Å². The van der Waals surface area contributed by atoms with Gasteiger partial charge in [-0.1, -0.05) is 13.8 Å². The summed E-state index contributed by atoms with van der Waals surface area (Å²) in [7, 11) is 0. The Labute approximate surface area is 61.6 Å². The Bertz CT molecular complexity index is 77.0. The molecule has 1 aliphatic heterocycles. The van der Waals surface area contributed by atoms with Crippen LogP contribution in [0.4, 0.5) is 0 Å². The molecular formula is C7H15NS. The highest BCUT2D eigenvalue weighted by molar-refractivity contribution is 8.00. The summed E-state index contributed by atoms with van der Waals surface area (Å²) in [5.74, 6) is 2.14. The Kier molecular flexibility index (Phi) is 2.86. The molecule has 1 aliphatic rings. The van der Waals surface area contributed by atoms with E-state index in [4.69, 9.17) is 0 Å². The van der Waals surface area contributed by atoms with Crippen LogP contribution in [0.3, 0.4) is 0 Å². The Morgan fingerprint density at radius 2 is 2.44 bits per heavy atom. The summed E-state index contributed by atoms with van der Waals surface area (Å²) < 4.78 is 0. The Balaban J connectivity index is 2.11. The smallest absolute Gasteiger partial charge is 0.0535 e. The average Bonchev–Trinajstić information content (AvgIpc) is 2.15. The molecule has 1 rings (SSSR count). The normalized spacial score (nSPS) is 27.7. The summed E-state index contributed by atoms with van der Waals surface area (Å²) in [6.45, 7) is 5.77. The molecule has 1 atom stereocenters. The third-order valence-corrected chi connectivity index (χ3v) is 2.68. The third kappa shape index (κ3) is 2.59. The maximum Gasteiger partial charge on any atom is 0.0535 e. The van der Waals surface area contributed by atoms with E-state index in [9.17, 15) is 0 Å². The van der Waals surface area contributed by atoms with Crippen LogP contribution < -0.4 is 5.32 Å². The van der Waals surface area contributed by atoms with E-state index in [1.807, 2.05) is 0 Å². The Hall–Kier alpha value is 0.310. The monoisotopic (exact) mass is 145 g/mol. The van der Waals surface area contributed by atoms with Crippen molar-refractivity contribution < 1.29 is 0 Å². The van der Waals surface area contributed by atoms with E-state index in [-0.39, 0.29) is 0 Å². The third-order valence-electron chi connectivity index (χ3n) is 1.48. The molecule has 9 heavy (non-hydrogen) atoms. The zero-order valence-corrected chi connectivity index (χ0v) is 7.00. The van der Waals surface area contributed by atoms with Gasteiger partial charge in [0.15, 0.2) is 0 Å². The van der Waals surface area contributed by atoms with Gasteiger partial charge in [-0.15, -0.1) is 11.8 Å². The lowest BCUT2D eigenvalue weighted by Crippen LogP contribution is -2.20. The van der Waals surface area contributed by atoms with Gasteiger partial charge in [-0.3, -0.25) is 0 Å². The summed E-state index contributed by atoms with van der Waals surface area (Å²) in [5, 5.41) is 4.21. The molecular weight excluding hydrogens is 130 g/mol. The van der Waals surface area contributed by atoms with Gasteiger partial charge in [-0.2, -0.15) is 0 Å². The first-order chi connectivity index (χ1) is 4.29. The van der Waals surface area contributed by atoms with Gasteiger partial charge in [0.1, 0.15) is 0 Å². The minimum absolute atomic E-state index is 0.755. The van der Waals surface area contributed by atoms with Gasteiger partial charge in [-0.25, -0.2) is 0 Å². The molecule has 1 fully saturated rings. The predicted octanol–water partition coefficient (Wildman–Crippen LogP) is 1.70. The van der Waals surface area contributed by atoms with Crippen molar-refractivity contribution in [2.45, 2.75) is 25.6 Å². The van der Waals surface area contributed by atoms with Crippen LogP contribution >= 0.6 is 11.8 Å². The van der Waals surface area contributed by atoms with Crippen molar-refractivity contribution in [3.05, 3.63) is 0 Å². The van der Waals surface area contributed by atoms with Crippen LogP contribution in [0, 0.1) is 5.92 Å². The minimum atomic E-state index is 0.755. The Morgan fingerprint density at radius 1 is 1.67 bits per heavy atom. The maximum absolute atomic E-state index is 3.45. The fraction of sp³-hybridized carbons (Fsp3) is 1.00. The molecule has 0 aromatic rings. The first-order valence-electron chi connectivity index (χ1n) is 3.64. The summed E-state index contributed by atoms with van der Waals surface area (Å²) in [6, 6.07) is 0. The maximum atomic E-state index is 3.45. The molecule has 0 spiro atoms. The summed E-state index contributed by atoms with van der Waals surface area (Å²) in [6.07, 6.45) is 1.32. The second-order valence-corrected chi connectivity index (χ2v) is 4.25. The zero-order valence-electron chi connectivity index (χ0n) is 6.18. The molecule has 1 saturated heterocycles. The van der Waals surface area contributed by atoms with E-state index >= 15 is 0 Å². The van der Waals surface area contributed by atoms with Gasteiger partial charge >= 0.3 is 0 Å². The van der Waals surface area contributed by atoms with Crippen LogP contribution in [0.5, 0.6) is 0 Å². The molecule has 1 nitrogen and oxygen atoms in total.